The summed E-state index contributed by atoms with van der Waals surface area (Å²) in [4.78, 5) is 13.3. The van der Waals surface area contributed by atoms with Crippen molar-refractivity contribution in [1.82, 2.24) is 0 Å². The van der Waals surface area contributed by atoms with Crippen LogP contribution in [0.2, 0.25) is 0 Å². The summed E-state index contributed by atoms with van der Waals surface area (Å²) in [7, 11) is 3.29. The van der Waals surface area contributed by atoms with Crippen LogP contribution in [0.3, 0.4) is 0 Å². The molecule has 0 radical (unpaired) electrons. The minimum atomic E-state index is -1.20. The van der Waals surface area contributed by atoms with Crippen molar-refractivity contribution in [2.45, 2.75) is 44.5 Å². The first-order chi connectivity index (χ1) is 22.5. The topological polar surface area (TPSA) is 72.5 Å². The fraction of sp³-hybridized carbons (Fsp3) is 0.225. The van der Waals surface area contributed by atoms with E-state index in [2.05, 4.69) is 0 Å². The molecule has 1 spiro atoms. The molecular formula is C40H36O7. The second-order valence-corrected chi connectivity index (χ2v) is 12.7. The zero-order chi connectivity index (χ0) is 33.0. The van der Waals surface area contributed by atoms with Gasteiger partial charge in [0.15, 0.2) is 5.60 Å². The van der Waals surface area contributed by atoms with E-state index < -0.39 is 16.8 Å². The van der Waals surface area contributed by atoms with Gasteiger partial charge >= 0.3 is 5.97 Å². The minimum Gasteiger partial charge on any atom is -0.497 e. The number of benzene rings is 5. The molecule has 0 bridgehead atoms. The van der Waals surface area contributed by atoms with E-state index >= 15 is 0 Å². The van der Waals surface area contributed by atoms with Gasteiger partial charge in [-0.25, -0.2) is 4.79 Å². The second kappa shape index (κ2) is 11.1. The van der Waals surface area contributed by atoms with Crippen molar-refractivity contribution in [3.8, 4) is 34.5 Å². The van der Waals surface area contributed by atoms with Gasteiger partial charge < -0.3 is 28.4 Å². The molecule has 5 aromatic carbocycles. The van der Waals surface area contributed by atoms with E-state index in [1.54, 1.807) is 20.3 Å². The van der Waals surface area contributed by atoms with Crippen LogP contribution in [0.15, 0.2) is 109 Å². The maximum atomic E-state index is 13.3. The van der Waals surface area contributed by atoms with Gasteiger partial charge in [0, 0.05) is 28.8 Å². The van der Waals surface area contributed by atoms with Crippen LogP contribution in [0, 0.1) is 0 Å². The molecule has 2 aliphatic rings. The van der Waals surface area contributed by atoms with Crippen LogP contribution in [0.25, 0.3) is 0 Å². The third-order valence-corrected chi connectivity index (χ3v) is 8.97. The molecule has 0 fully saturated rings. The summed E-state index contributed by atoms with van der Waals surface area (Å²) in [5.74, 6) is 3.42. The number of fused-ring (bicyclic) bond motifs is 6. The van der Waals surface area contributed by atoms with E-state index in [1.165, 1.54) is 0 Å². The SMILES string of the molecule is COc1ccc(C(C)(C)Oc2ccc3c(c2)Oc2cc(OC(C)(C)c4ccc(OC)cc4)ccc2C32OC(=O)c3ccccc32)cc1. The summed E-state index contributed by atoms with van der Waals surface area (Å²) >= 11 is 0. The van der Waals surface area contributed by atoms with Gasteiger partial charge in [-0.2, -0.15) is 0 Å². The van der Waals surface area contributed by atoms with Crippen molar-refractivity contribution < 1.29 is 33.2 Å². The van der Waals surface area contributed by atoms with E-state index in [1.807, 2.05) is 131 Å². The normalized spacial score (nSPS) is 14.3. The average Bonchev–Trinajstić information content (AvgIpc) is 3.36. The molecule has 2 heterocycles. The molecular weight excluding hydrogens is 592 g/mol. The smallest absolute Gasteiger partial charge is 0.340 e. The lowest BCUT2D eigenvalue weighted by molar-refractivity contribution is 0.0223. The van der Waals surface area contributed by atoms with Crippen molar-refractivity contribution in [2.24, 2.45) is 0 Å². The fourth-order valence-electron chi connectivity index (χ4n) is 6.46. The van der Waals surface area contributed by atoms with Gasteiger partial charge in [-0.1, -0.05) is 42.5 Å². The molecule has 238 valence electrons. The Hall–Kier alpha value is -5.43. The highest BCUT2D eigenvalue weighted by Gasteiger charge is 2.53. The van der Waals surface area contributed by atoms with Gasteiger partial charge in [-0.15, -0.1) is 0 Å². The summed E-state index contributed by atoms with van der Waals surface area (Å²) in [5, 5.41) is 0. The van der Waals surface area contributed by atoms with Gasteiger partial charge in [-0.05, 0) is 93.4 Å². The van der Waals surface area contributed by atoms with E-state index in [9.17, 15) is 4.79 Å². The molecule has 47 heavy (non-hydrogen) atoms. The Morgan fingerprint density at radius 3 is 1.47 bits per heavy atom. The molecule has 7 nitrogen and oxygen atoms in total. The zero-order valence-electron chi connectivity index (χ0n) is 27.3. The van der Waals surface area contributed by atoms with Gasteiger partial charge in [0.1, 0.15) is 45.7 Å². The summed E-state index contributed by atoms with van der Waals surface area (Å²) < 4.78 is 36.7. The highest BCUT2D eigenvalue weighted by atomic mass is 16.6. The van der Waals surface area contributed by atoms with E-state index in [4.69, 9.17) is 28.4 Å². The Balaban J connectivity index is 1.29. The first-order valence-electron chi connectivity index (χ1n) is 15.5. The summed E-state index contributed by atoms with van der Waals surface area (Å²) in [6.45, 7) is 8.04. The fourth-order valence-corrected chi connectivity index (χ4v) is 6.46. The van der Waals surface area contributed by atoms with E-state index in [0.717, 1.165) is 28.2 Å². The van der Waals surface area contributed by atoms with Crippen LogP contribution >= 0.6 is 0 Å². The van der Waals surface area contributed by atoms with Crippen molar-refractivity contribution in [2.75, 3.05) is 14.2 Å². The molecule has 0 amide bonds. The number of carbonyl (C=O) groups excluding carboxylic acids is 1. The van der Waals surface area contributed by atoms with Crippen LogP contribution in [-0.2, 0) is 21.5 Å². The van der Waals surface area contributed by atoms with Crippen LogP contribution in [0.4, 0.5) is 0 Å². The number of hydrogen-bond donors (Lipinski definition) is 0. The molecule has 0 N–H and O–H groups in total. The average molecular weight is 629 g/mol. The third kappa shape index (κ3) is 5.12. The monoisotopic (exact) mass is 628 g/mol. The van der Waals surface area contributed by atoms with Crippen molar-refractivity contribution in [3.63, 3.8) is 0 Å². The standard InChI is InChI=1S/C40H36O7/c1-38(2,25-11-15-27(42-5)16-12-25)45-29-19-21-33-35(23-29)44-36-24-30(46-39(3,4)26-13-17-28(43-6)18-14-26)20-22-34(36)40(33)32-10-8-7-9-31(32)37(41)47-40/h7-24H,1-6H3. The first-order valence-corrected chi connectivity index (χ1v) is 15.5. The van der Waals surface area contributed by atoms with Crippen molar-refractivity contribution in [1.29, 1.82) is 0 Å². The Bertz CT molecular complexity index is 1860. The van der Waals surface area contributed by atoms with E-state index in [0.29, 0.717) is 39.7 Å². The zero-order valence-corrected chi connectivity index (χ0v) is 27.3. The largest absolute Gasteiger partial charge is 0.497 e. The lowest BCUT2D eigenvalue weighted by Crippen LogP contribution is -2.33. The van der Waals surface area contributed by atoms with Crippen LogP contribution in [-0.4, -0.2) is 20.2 Å². The summed E-state index contributed by atoms with van der Waals surface area (Å²) in [5.41, 5.74) is 2.15. The molecule has 0 unspecified atom stereocenters. The highest BCUT2D eigenvalue weighted by Crippen LogP contribution is 2.57. The lowest BCUT2D eigenvalue weighted by atomic mass is 9.77. The maximum absolute atomic E-state index is 13.3. The van der Waals surface area contributed by atoms with Gasteiger partial charge in [0.05, 0.1) is 19.8 Å². The predicted octanol–water partition coefficient (Wildman–Crippen LogP) is 8.90. The third-order valence-electron chi connectivity index (χ3n) is 8.97. The molecule has 0 atom stereocenters. The Morgan fingerprint density at radius 2 is 1.00 bits per heavy atom. The first kappa shape index (κ1) is 30.2. The molecule has 5 aromatic rings. The number of methoxy groups -OCH3 is 2. The number of carbonyl (C=O) groups is 1. The predicted molar refractivity (Wildman–Crippen MR) is 178 cm³/mol. The Morgan fingerprint density at radius 1 is 0.553 bits per heavy atom. The minimum absolute atomic E-state index is 0.388. The summed E-state index contributed by atoms with van der Waals surface area (Å²) in [6.07, 6.45) is 0. The molecule has 0 saturated carbocycles. The van der Waals surface area contributed by atoms with Crippen LogP contribution in [0.5, 0.6) is 34.5 Å². The molecule has 7 heteroatoms. The van der Waals surface area contributed by atoms with E-state index in [-0.39, 0.29) is 5.97 Å². The summed E-state index contributed by atoms with van der Waals surface area (Å²) in [6, 6.07) is 34.5. The van der Waals surface area contributed by atoms with Gasteiger partial charge in [-0.3, -0.25) is 0 Å². The number of ether oxygens (including phenoxy) is 6. The molecule has 0 aromatic heterocycles. The van der Waals surface area contributed by atoms with Crippen molar-refractivity contribution in [3.05, 3.63) is 143 Å². The van der Waals surface area contributed by atoms with Gasteiger partial charge in [0.25, 0.3) is 0 Å². The Kier molecular flexibility index (Phi) is 7.16. The molecule has 7 rings (SSSR count). The number of rotatable bonds is 8. The highest BCUT2D eigenvalue weighted by molar-refractivity contribution is 5.97. The quantitative estimate of drug-likeness (QED) is 0.159. The Labute approximate surface area is 274 Å². The number of hydrogen-bond acceptors (Lipinski definition) is 7. The van der Waals surface area contributed by atoms with Gasteiger partial charge in [0.2, 0.25) is 0 Å². The molecule has 0 aliphatic carbocycles. The second-order valence-electron chi connectivity index (χ2n) is 12.7. The van der Waals surface area contributed by atoms with Crippen LogP contribution in [0.1, 0.15) is 65.9 Å². The number of esters is 1. The van der Waals surface area contributed by atoms with Crippen molar-refractivity contribution >= 4 is 5.97 Å². The maximum Gasteiger partial charge on any atom is 0.340 e. The molecule has 2 aliphatic heterocycles. The molecule has 0 saturated heterocycles. The lowest BCUT2D eigenvalue weighted by Gasteiger charge is -2.37. The van der Waals surface area contributed by atoms with Crippen LogP contribution < -0.4 is 23.7 Å².